The van der Waals surface area contributed by atoms with Crippen molar-refractivity contribution in [1.82, 2.24) is 9.55 Å². The lowest BCUT2D eigenvalue weighted by molar-refractivity contribution is -0.146. The number of aryl methyl sites for hydroxylation is 1. The number of nitrogen functional groups attached to an aromatic ring is 1. The van der Waals surface area contributed by atoms with Crippen LogP contribution in [0.3, 0.4) is 0 Å². The highest BCUT2D eigenvalue weighted by Crippen LogP contribution is 2.22. The van der Waals surface area contributed by atoms with Crippen molar-refractivity contribution in [3.05, 3.63) is 11.5 Å². The zero-order valence-electron chi connectivity index (χ0n) is 11.6. The molecule has 2 N–H and O–H groups in total. The first-order chi connectivity index (χ1) is 8.97. The van der Waals surface area contributed by atoms with Gasteiger partial charge in [0.05, 0.1) is 13.7 Å². The van der Waals surface area contributed by atoms with Crippen LogP contribution in [0.15, 0.2) is 0 Å². The van der Waals surface area contributed by atoms with Gasteiger partial charge >= 0.3 is 11.9 Å². The van der Waals surface area contributed by atoms with Crippen LogP contribution in [0, 0.1) is 0 Å². The highest BCUT2D eigenvalue weighted by atomic mass is 16.5. The van der Waals surface area contributed by atoms with E-state index in [1.807, 2.05) is 6.92 Å². The quantitative estimate of drug-likeness (QED) is 0.799. The summed E-state index contributed by atoms with van der Waals surface area (Å²) in [5.41, 5.74) is 5.91. The van der Waals surface area contributed by atoms with Crippen molar-refractivity contribution < 1.29 is 19.1 Å². The lowest BCUT2D eigenvalue weighted by atomic mass is 10.3. The van der Waals surface area contributed by atoms with Gasteiger partial charge in [0, 0.05) is 6.42 Å². The number of esters is 2. The van der Waals surface area contributed by atoms with Gasteiger partial charge in [0.2, 0.25) is 0 Å². The Morgan fingerprint density at radius 1 is 1.42 bits per heavy atom. The van der Waals surface area contributed by atoms with Crippen LogP contribution in [0.4, 0.5) is 5.82 Å². The van der Waals surface area contributed by atoms with Gasteiger partial charge in [0.15, 0.2) is 5.69 Å². The molecular formula is C12H19N3O4. The number of imidazole rings is 1. The molecule has 1 aromatic heterocycles. The van der Waals surface area contributed by atoms with Gasteiger partial charge in [-0.05, 0) is 13.8 Å². The molecule has 0 saturated carbocycles. The van der Waals surface area contributed by atoms with Crippen LogP contribution >= 0.6 is 0 Å². The molecule has 1 heterocycles. The minimum Gasteiger partial charge on any atom is -0.464 e. The highest BCUT2D eigenvalue weighted by molar-refractivity contribution is 5.92. The third-order valence-electron chi connectivity index (χ3n) is 2.73. The molecule has 7 nitrogen and oxygen atoms in total. The number of nitrogens with zero attached hydrogens (tertiary/aromatic N) is 2. The SMILES string of the molecule is CCOC(=O)C(C)n1c(CC)nc(C(=O)OC)c1N. The summed E-state index contributed by atoms with van der Waals surface area (Å²) in [5, 5.41) is 0. The number of methoxy groups -OCH3 is 1. The molecule has 0 fully saturated rings. The molecule has 0 aromatic carbocycles. The van der Waals surface area contributed by atoms with Crippen molar-refractivity contribution >= 4 is 17.8 Å². The summed E-state index contributed by atoms with van der Waals surface area (Å²) in [7, 11) is 1.25. The Morgan fingerprint density at radius 2 is 2.05 bits per heavy atom. The monoisotopic (exact) mass is 269 g/mol. The van der Waals surface area contributed by atoms with E-state index in [1.54, 1.807) is 13.8 Å². The molecule has 1 rings (SSSR count). The van der Waals surface area contributed by atoms with Crippen LogP contribution in [0.25, 0.3) is 0 Å². The summed E-state index contributed by atoms with van der Waals surface area (Å²) in [6, 6.07) is -0.638. The van der Waals surface area contributed by atoms with Crippen LogP contribution in [0.1, 0.15) is 43.1 Å². The summed E-state index contributed by atoms with van der Waals surface area (Å²) in [4.78, 5) is 27.4. The molecule has 0 aliphatic heterocycles. The minimum atomic E-state index is -0.638. The van der Waals surface area contributed by atoms with Gasteiger partial charge in [-0.2, -0.15) is 0 Å². The molecule has 0 saturated heterocycles. The van der Waals surface area contributed by atoms with Crippen molar-refractivity contribution in [2.24, 2.45) is 0 Å². The average Bonchev–Trinajstić information content (AvgIpc) is 2.74. The van der Waals surface area contributed by atoms with E-state index < -0.39 is 18.0 Å². The minimum absolute atomic E-state index is 0.0236. The number of hydrogen-bond donors (Lipinski definition) is 1. The van der Waals surface area contributed by atoms with Gasteiger partial charge in [-0.25, -0.2) is 14.6 Å². The number of carbonyl (C=O) groups is 2. The van der Waals surface area contributed by atoms with Crippen LogP contribution in [0.2, 0.25) is 0 Å². The van der Waals surface area contributed by atoms with Gasteiger partial charge < -0.3 is 19.8 Å². The van der Waals surface area contributed by atoms with Crippen molar-refractivity contribution in [3.63, 3.8) is 0 Å². The largest absolute Gasteiger partial charge is 0.464 e. The maximum atomic E-state index is 11.8. The summed E-state index contributed by atoms with van der Waals surface area (Å²) >= 11 is 0. The fourth-order valence-electron chi connectivity index (χ4n) is 1.79. The first-order valence-corrected chi connectivity index (χ1v) is 6.09. The number of ether oxygens (including phenoxy) is 2. The first kappa shape index (κ1) is 15.0. The molecule has 1 aromatic rings. The molecule has 0 radical (unpaired) electrons. The van der Waals surface area contributed by atoms with E-state index in [9.17, 15) is 9.59 Å². The molecule has 0 aliphatic carbocycles. The van der Waals surface area contributed by atoms with Gasteiger partial charge in [-0.3, -0.25) is 0 Å². The Hall–Kier alpha value is -2.05. The molecule has 19 heavy (non-hydrogen) atoms. The van der Waals surface area contributed by atoms with E-state index in [0.29, 0.717) is 12.2 Å². The maximum Gasteiger partial charge on any atom is 0.360 e. The van der Waals surface area contributed by atoms with Crippen molar-refractivity contribution in [2.45, 2.75) is 33.2 Å². The third-order valence-corrected chi connectivity index (χ3v) is 2.73. The van der Waals surface area contributed by atoms with Gasteiger partial charge in [0.1, 0.15) is 17.7 Å². The van der Waals surface area contributed by atoms with Crippen molar-refractivity contribution in [1.29, 1.82) is 0 Å². The lowest BCUT2D eigenvalue weighted by Crippen LogP contribution is -2.22. The molecule has 0 aliphatic rings. The number of rotatable bonds is 5. The van der Waals surface area contributed by atoms with Crippen LogP contribution in [0.5, 0.6) is 0 Å². The number of nitrogens with two attached hydrogens (primary N) is 1. The zero-order valence-corrected chi connectivity index (χ0v) is 11.6. The van der Waals surface area contributed by atoms with Crippen molar-refractivity contribution in [3.8, 4) is 0 Å². The predicted molar refractivity (Wildman–Crippen MR) is 68.7 cm³/mol. The Balaban J connectivity index is 3.22. The Kier molecular flexibility index (Phi) is 4.91. The van der Waals surface area contributed by atoms with E-state index in [-0.39, 0.29) is 18.1 Å². The van der Waals surface area contributed by atoms with Gasteiger partial charge in [-0.1, -0.05) is 6.92 Å². The fourth-order valence-corrected chi connectivity index (χ4v) is 1.79. The third kappa shape index (κ3) is 2.86. The smallest absolute Gasteiger partial charge is 0.360 e. The molecule has 1 unspecified atom stereocenters. The van der Waals surface area contributed by atoms with Crippen LogP contribution in [-0.4, -0.2) is 35.2 Å². The number of aromatic nitrogens is 2. The predicted octanol–water partition coefficient (Wildman–Crippen LogP) is 0.938. The molecule has 0 amide bonds. The second-order valence-electron chi connectivity index (χ2n) is 3.91. The Labute approximate surface area is 111 Å². The molecule has 1 atom stereocenters. The summed E-state index contributed by atoms with van der Waals surface area (Å²) in [6.45, 7) is 5.51. The summed E-state index contributed by atoms with van der Waals surface area (Å²) < 4.78 is 11.1. The van der Waals surface area contributed by atoms with E-state index in [4.69, 9.17) is 10.5 Å². The van der Waals surface area contributed by atoms with E-state index >= 15 is 0 Å². The number of anilines is 1. The molecule has 7 heteroatoms. The lowest BCUT2D eigenvalue weighted by Gasteiger charge is -2.16. The summed E-state index contributed by atoms with van der Waals surface area (Å²) in [5.74, 6) is -0.387. The molecule has 106 valence electrons. The Morgan fingerprint density at radius 3 is 2.53 bits per heavy atom. The fraction of sp³-hybridized carbons (Fsp3) is 0.583. The van der Waals surface area contributed by atoms with E-state index in [2.05, 4.69) is 9.72 Å². The standard InChI is InChI=1S/C12H19N3O4/c1-5-8-14-9(12(17)18-4)10(13)15(8)7(3)11(16)19-6-2/h7H,5-6,13H2,1-4H3. The second kappa shape index (κ2) is 6.21. The number of carbonyl (C=O) groups excluding carboxylic acids is 2. The number of hydrogen-bond acceptors (Lipinski definition) is 6. The van der Waals surface area contributed by atoms with Crippen LogP contribution < -0.4 is 5.73 Å². The first-order valence-electron chi connectivity index (χ1n) is 6.09. The highest BCUT2D eigenvalue weighted by Gasteiger charge is 2.26. The van der Waals surface area contributed by atoms with Crippen molar-refractivity contribution in [2.75, 3.05) is 19.5 Å². The van der Waals surface area contributed by atoms with Crippen LogP contribution in [-0.2, 0) is 20.7 Å². The summed E-state index contributed by atoms with van der Waals surface area (Å²) in [6.07, 6.45) is 0.533. The molecule has 0 spiro atoms. The second-order valence-corrected chi connectivity index (χ2v) is 3.91. The van der Waals surface area contributed by atoms with E-state index in [1.165, 1.54) is 11.7 Å². The van der Waals surface area contributed by atoms with Gasteiger partial charge in [-0.15, -0.1) is 0 Å². The molecular weight excluding hydrogens is 250 g/mol. The zero-order chi connectivity index (χ0) is 14.6. The van der Waals surface area contributed by atoms with Gasteiger partial charge in [0.25, 0.3) is 0 Å². The topological polar surface area (TPSA) is 96.4 Å². The maximum absolute atomic E-state index is 11.8. The average molecular weight is 269 g/mol. The molecule has 0 bridgehead atoms. The normalized spacial score (nSPS) is 12.0. The van der Waals surface area contributed by atoms with E-state index in [0.717, 1.165) is 0 Å². The Bertz CT molecular complexity index is 482.